The molecule has 1 saturated heterocycles. The van der Waals surface area contributed by atoms with Gasteiger partial charge in [-0.25, -0.2) is 28.7 Å². The van der Waals surface area contributed by atoms with Crippen molar-refractivity contribution in [1.29, 1.82) is 0 Å². The third-order valence-corrected chi connectivity index (χ3v) is 7.45. The summed E-state index contributed by atoms with van der Waals surface area (Å²) in [4.78, 5) is 47.5. The lowest BCUT2D eigenvalue weighted by Gasteiger charge is -2.27. The Morgan fingerprint density at radius 3 is 2.48 bits per heavy atom. The van der Waals surface area contributed by atoms with E-state index in [-0.39, 0.29) is 19.5 Å². The lowest BCUT2D eigenvalue weighted by atomic mass is 10.1. The van der Waals surface area contributed by atoms with Crippen LogP contribution in [0, 0.1) is 19.7 Å². The first-order valence-corrected chi connectivity index (χ1v) is 14.2. The number of pyridine rings is 1. The Bertz CT molecular complexity index is 1550. The third kappa shape index (κ3) is 7.18. The molecule has 3 atom stereocenters. The van der Waals surface area contributed by atoms with E-state index in [9.17, 15) is 29.0 Å². The van der Waals surface area contributed by atoms with Crippen LogP contribution in [0.25, 0.3) is 22.3 Å². The number of nitrogens with zero attached hydrogens (tertiary/aromatic N) is 5. The number of carboxylic acids is 1. The highest BCUT2D eigenvalue weighted by Gasteiger charge is 2.40. The SMILES string of the molecule is COC(CN(C)C(=O)OC(C)(C)C)Cn1c(C)nc2cc(F)cc(-c3ccc(C)c(N[C@H]4C[C@@H](C(=O)O)N(C(=O)O)C4)n3)c21. The summed E-state index contributed by atoms with van der Waals surface area (Å²) in [5, 5.41) is 22.1. The number of carbonyl (C=O) groups is 3. The number of imidazole rings is 1. The molecule has 3 aromatic rings. The predicted octanol–water partition coefficient (Wildman–Crippen LogP) is 4.35. The van der Waals surface area contributed by atoms with Gasteiger partial charge in [0.25, 0.3) is 0 Å². The van der Waals surface area contributed by atoms with E-state index in [2.05, 4.69) is 10.3 Å². The van der Waals surface area contributed by atoms with Crippen LogP contribution < -0.4 is 5.32 Å². The van der Waals surface area contributed by atoms with Gasteiger partial charge in [0.15, 0.2) is 0 Å². The minimum Gasteiger partial charge on any atom is -0.480 e. The van der Waals surface area contributed by atoms with Crippen LogP contribution in [-0.2, 0) is 20.8 Å². The standard InChI is InChI=1S/C30H39FN6O7/c1-16-8-9-22(34-26(16)33-19-12-24(27(38)39)37(13-19)28(40)41)21-10-18(31)11-23-25(21)36(17(2)32-23)15-20(43-7)14-35(6)29(42)44-30(3,4)5/h8-11,19-20,24H,12-15H2,1-7H3,(H,33,34)(H,38,39)(H,40,41)/t19-,20?,24-/m0/s1. The summed E-state index contributed by atoms with van der Waals surface area (Å²) in [7, 11) is 3.18. The maximum Gasteiger partial charge on any atom is 0.410 e. The van der Waals surface area contributed by atoms with E-state index in [0.717, 1.165) is 10.5 Å². The Hall–Kier alpha value is -4.46. The lowest BCUT2D eigenvalue weighted by Crippen LogP contribution is -2.40. The number of hydrogen-bond donors (Lipinski definition) is 3. The Morgan fingerprint density at radius 2 is 1.89 bits per heavy atom. The van der Waals surface area contributed by atoms with Crippen molar-refractivity contribution in [1.82, 2.24) is 24.3 Å². The van der Waals surface area contributed by atoms with Crippen LogP contribution in [0.4, 0.5) is 19.8 Å². The average molecular weight is 615 g/mol. The van der Waals surface area contributed by atoms with Gasteiger partial charge in [0.2, 0.25) is 0 Å². The molecule has 1 aliphatic heterocycles. The molecular formula is C30H39FN6O7. The molecule has 3 N–H and O–H groups in total. The van der Waals surface area contributed by atoms with Crippen molar-refractivity contribution >= 4 is 35.0 Å². The molecule has 0 spiro atoms. The van der Waals surface area contributed by atoms with Crippen LogP contribution in [0.1, 0.15) is 38.6 Å². The van der Waals surface area contributed by atoms with E-state index < -0.39 is 47.8 Å². The summed E-state index contributed by atoms with van der Waals surface area (Å²) < 4.78 is 28.0. The Kier molecular flexibility index (Phi) is 9.33. The van der Waals surface area contributed by atoms with E-state index in [1.807, 2.05) is 11.5 Å². The van der Waals surface area contributed by atoms with Crippen molar-refractivity contribution in [2.45, 2.75) is 71.4 Å². The first kappa shape index (κ1) is 32.5. The number of carboxylic acid groups (broad SMARTS) is 2. The number of likely N-dealkylation sites (tertiary alicyclic amines) is 1. The highest BCUT2D eigenvalue weighted by atomic mass is 19.1. The highest BCUT2D eigenvalue weighted by Crippen LogP contribution is 2.32. The van der Waals surface area contributed by atoms with Gasteiger partial charge in [-0.1, -0.05) is 6.07 Å². The first-order valence-electron chi connectivity index (χ1n) is 14.2. The second-order valence-corrected chi connectivity index (χ2v) is 12.0. The van der Waals surface area contributed by atoms with Gasteiger partial charge in [-0.2, -0.15) is 0 Å². The number of aliphatic carboxylic acids is 1. The molecule has 1 unspecified atom stereocenters. The van der Waals surface area contributed by atoms with Crippen molar-refractivity contribution < 1.29 is 38.5 Å². The van der Waals surface area contributed by atoms with Crippen LogP contribution in [-0.4, -0.2) is 104 Å². The maximum absolute atomic E-state index is 14.9. The summed E-state index contributed by atoms with van der Waals surface area (Å²) in [6, 6.07) is 4.62. The van der Waals surface area contributed by atoms with Crippen LogP contribution in [0.2, 0.25) is 0 Å². The van der Waals surface area contributed by atoms with E-state index in [4.69, 9.17) is 14.5 Å². The van der Waals surface area contributed by atoms with Gasteiger partial charge in [-0.3, -0.25) is 4.90 Å². The molecule has 2 amide bonds. The number of anilines is 1. The normalized spacial score (nSPS) is 17.5. The van der Waals surface area contributed by atoms with E-state index in [0.29, 0.717) is 40.5 Å². The van der Waals surface area contributed by atoms with Gasteiger partial charge in [0.1, 0.15) is 29.1 Å². The molecule has 2 aromatic heterocycles. The molecule has 1 fully saturated rings. The summed E-state index contributed by atoms with van der Waals surface area (Å²) in [6.45, 7) is 9.49. The number of halogens is 1. The highest BCUT2D eigenvalue weighted by molar-refractivity contribution is 5.92. The largest absolute Gasteiger partial charge is 0.480 e. The molecule has 3 heterocycles. The quantitative estimate of drug-likeness (QED) is 0.316. The second kappa shape index (κ2) is 12.6. The summed E-state index contributed by atoms with van der Waals surface area (Å²) >= 11 is 0. The number of nitrogens with one attached hydrogen (secondary N) is 1. The zero-order chi connectivity index (χ0) is 32.5. The fourth-order valence-corrected chi connectivity index (χ4v) is 5.30. The van der Waals surface area contributed by atoms with Gasteiger partial charge < -0.3 is 34.5 Å². The number of fused-ring (bicyclic) bond motifs is 1. The Balaban J connectivity index is 1.66. The number of carbonyl (C=O) groups excluding carboxylic acids is 1. The monoisotopic (exact) mass is 614 g/mol. The van der Waals surface area contributed by atoms with Crippen molar-refractivity contribution in [3.05, 3.63) is 41.5 Å². The molecule has 44 heavy (non-hydrogen) atoms. The number of hydrogen-bond acceptors (Lipinski definition) is 8. The number of ether oxygens (including phenoxy) is 2. The number of likely N-dealkylation sites (N-methyl/N-ethyl adjacent to an activating group) is 1. The Labute approximate surface area is 254 Å². The zero-order valence-corrected chi connectivity index (χ0v) is 25.9. The lowest BCUT2D eigenvalue weighted by molar-refractivity contribution is -0.141. The van der Waals surface area contributed by atoms with E-state index in [1.54, 1.807) is 54.0 Å². The van der Waals surface area contributed by atoms with E-state index >= 15 is 0 Å². The molecule has 0 aliphatic carbocycles. The molecule has 13 nitrogen and oxygen atoms in total. The van der Waals surface area contributed by atoms with Crippen molar-refractivity contribution in [2.75, 3.05) is 32.6 Å². The summed E-state index contributed by atoms with van der Waals surface area (Å²) in [6.07, 6.45) is -2.18. The van der Waals surface area contributed by atoms with Crippen LogP contribution in [0.5, 0.6) is 0 Å². The van der Waals surface area contributed by atoms with Gasteiger partial charge in [0.05, 0.1) is 35.9 Å². The smallest absolute Gasteiger partial charge is 0.410 e. The first-order chi connectivity index (χ1) is 20.6. The summed E-state index contributed by atoms with van der Waals surface area (Å²) in [5.74, 6) is -0.678. The molecular weight excluding hydrogens is 575 g/mol. The fraction of sp³-hybridized carbons (Fsp3) is 0.500. The summed E-state index contributed by atoms with van der Waals surface area (Å²) in [5.41, 5.74) is 2.05. The fourth-order valence-electron chi connectivity index (χ4n) is 5.30. The van der Waals surface area contributed by atoms with Gasteiger partial charge in [-0.15, -0.1) is 0 Å². The van der Waals surface area contributed by atoms with Gasteiger partial charge in [0, 0.05) is 44.8 Å². The number of methoxy groups -OCH3 is 1. The van der Waals surface area contributed by atoms with Crippen molar-refractivity contribution in [3.8, 4) is 11.3 Å². The van der Waals surface area contributed by atoms with Crippen LogP contribution >= 0.6 is 0 Å². The molecule has 238 valence electrons. The van der Waals surface area contributed by atoms with Crippen LogP contribution in [0.15, 0.2) is 24.3 Å². The minimum absolute atomic E-state index is 0.0238. The third-order valence-electron chi connectivity index (χ3n) is 7.45. The van der Waals surface area contributed by atoms with Crippen molar-refractivity contribution in [3.63, 3.8) is 0 Å². The van der Waals surface area contributed by atoms with Crippen molar-refractivity contribution in [2.24, 2.45) is 0 Å². The molecule has 1 aliphatic rings. The number of aryl methyl sites for hydroxylation is 2. The van der Waals surface area contributed by atoms with Gasteiger partial charge in [-0.05, 0) is 52.3 Å². The molecule has 0 bridgehead atoms. The van der Waals surface area contributed by atoms with Crippen LogP contribution in [0.3, 0.4) is 0 Å². The Morgan fingerprint density at radius 1 is 1.18 bits per heavy atom. The maximum atomic E-state index is 14.9. The predicted molar refractivity (Wildman–Crippen MR) is 160 cm³/mol. The topological polar surface area (TPSA) is 159 Å². The minimum atomic E-state index is -1.31. The molecule has 1 aromatic carbocycles. The number of rotatable bonds is 9. The molecule has 0 saturated carbocycles. The number of benzene rings is 1. The number of amides is 2. The molecule has 0 radical (unpaired) electrons. The van der Waals surface area contributed by atoms with E-state index in [1.165, 1.54) is 17.0 Å². The molecule has 4 rings (SSSR count). The zero-order valence-electron chi connectivity index (χ0n) is 25.9. The molecule has 14 heteroatoms. The van der Waals surface area contributed by atoms with Gasteiger partial charge >= 0.3 is 18.2 Å². The average Bonchev–Trinajstić information content (AvgIpc) is 3.49. The second-order valence-electron chi connectivity index (χ2n) is 12.0. The number of aromatic nitrogens is 3.